The van der Waals surface area contributed by atoms with Gasteiger partial charge in [-0.2, -0.15) is 0 Å². The van der Waals surface area contributed by atoms with E-state index in [0.29, 0.717) is 10.1 Å². The van der Waals surface area contributed by atoms with E-state index in [2.05, 4.69) is 0 Å². The Hall–Kier alpha value is 0.350. The molecule has 0 radical (unpaired) electrons. The standard InChI is InChI=1S/C9H13Cl3/c1-4-5-8(12)9(6(2)10)7(3)11/h5-6H,4H2,1-3H3. The van der Waals surface area contributed by atoms with Crippen LogP contribution in [0, 0.1) is 0 Å². The predicted octanol–water partition coefficient (Wildman–Crippen LogP) is 4.66. The Morgan fingerprint density at radius 2 is 1.92 bits per heavy atom. The van der Waals surface area contributed by atoms with E-state index in [1.807, 2.05) is 19.9 Å². The first-order chi connectivity index (χ1) is 5.50. The third-order valence-electron chi connectivity index (χ3n) is 1.41. The van der Waals surface area contributed by atoms with E-state index in [9.17, 15) is 0 Å². The molecule has 0 amide bonds. The van der Waals surface area contributed by atoms with Crippen molar-refractivity contribution in [2.45, 2.75) is 32.6 Å². The highest BCUT2D eigenvalue weighted by molar-refractivity contribution is 6.37. The van der Waals surface area contributed by atoms with Crippen LogP contribution >= 0.6 is 34.8 Å². The molecule has 0 aliphatic heterocycles. The fourth-order valence-corrected chi connectivity index (χ4v) is 2.08. The lowest BCUT2D eigenvalue weighted by molar-refractivity contribution is 1.11. The maximum atomic E-state index is 5.97. The number of halogens is 3. The largest absolute Gasteiger partial charge is 0.118 e. The summed E-state index contributed by atoms with van der Waals surface area (Å²) in [7, 11) is 0. The van der Waals surface area contributed by atoms with Gasteiger partial charge in [0.2, 0.25) is 0 Å². The van der Waals surface area contributed by atoms with Crippen LogP contribution in [0.2, 0.25) is 0 Å². The molecule has 0 aliphatic rings. The summed E-state index contributed by atoms with van der Waals surface area (Å²) in [6, 6.07) is 0. The molecule has 0 spiro atoms. The molecule has 1 atom stereocenters. The van der Waals surface area contributed by atoms with Crippen molar-refractivity contribution in [3.05, 3.63) is 21.7 Å². The minimum atomic E-state index is -0.141. The lowest BCUT2D eigenvalue weighted by Crippen LogP contribution is -1.99. The Morgan fingerprint density at radius 3 is 2.17 bits per heavy atom. The van der Waals surface area contributed by atoms with Gasteiger partial charge < -0.3 is 0 Å². The molecule has 0 aromatic rings. The second-order valence-electron chi connectivity index (χ2n) is 2.52. The monoisotopic (exact) mass is 226 g/mol. The van der Waals surface area contributed by atoms with Crippen LogP contribution in [0.15, 0.2) is 21.7 Å². The Balaban J connectivity index is 4.78. The fourth-order valence-electron chi connectivity index (χ4n) is 0.918. The third-order valence-corrected chi connectivity index (χ3v) is 2.19. The van der Waals surface area contributed by atoms with E-state index >= 15 is 0 Å². The maximum absolute atomic E-state index is 5.97. The summed E-state index contributed by atoms with van der Waals surface area (Å²) < 4.78 is 0. The molecule has 0 saturated carbocycles. The summed E-state index contributed by atoms with van der Waals surface area (Å²) in [5.74, 6) is 0. The minimum Gasteiger partial charge on any atom is -0.118 e. The molecule has 12 heavy (non-hydrogen) atoms. The van der Waals surface area contributed by atoms with Gasteiger partial charge in [-0.3, -0.25) is 0 Å². The summed E-state index contributed by atoms with van der Waals surface area (Å²) in [4.78, 5) is 0. The molecule has 0 aromatic heterocycles. The normalized spacial score (nSPS) is 17.3. The first-order valence-corrected chi connectivity index (χ1v) is 5.06. The molecule has 0 fully saturated rings. The second kappa shape index (κ2) is 5.90. The van der Waals surface area contributed by atoms with Gasteiger partial charge in [0.15, 0.2) is 0 Å². The van der Waals surface area contributed by atoms with Crippen LogP contribution in [0.1, 0.15) is 27.2 Å². The summed E-state index contributed by atoms with van der Waals surface area (Å²) >= 11 is 17.7. The highest BCUT2D eigenvalue weighted by Crippen LogP contribution is 2.27. The molecule has 0 aliphatic carbocycles. The van der Waals surface area contributed by atoms with Gasteiger partial charge in [-0.05, 0) is 20.3 Å². The molecule has 0 heterocycles. The highest BCUT2D eigenvalue weighted by atomic mass is 35.5. The predicted molar refractivity (Wildman–Crippen MR) is 58.1 cm³/mol. The van der Waals surface area contributed by atoms with Gasteiger partial charge in [-0.15, -0.1) is 11.6 Å². The summed E-state index contributed by atoms with van der Waals surface area (Å²) in [5.41, 5.74) is 0.821. The highest BCUT2D eigenvalue weighted by Gasteiger charge is 2.11. The van der Waals surface area contributed by atoms with Crippen molar-refractivity contribution >= 4 is 34.8 Å². The fraction of sp³-hybridized carbons (Fsp3) is 0.556. The van der Waals surface area contributed by atoms with Crippen molar-refractivity contribution < 1.29 is 0 Å². The van der Waals surface area contributed by atoms with Gasteiger partial charge in [0.1, 0.15) is 0 Å². The lowest BCUT2D eigenvalue weighted by atomic mass is 10.1. The molecular formula is C9H13Cl3. The van der Waals surface area contributed by atoms with E-state index < -0.39 is 0 Å². The van der Waals surface area contributed by atoms with Crippen molar-refractivity contribution in [1.82, 2.24) is 0 Å². The summed E-state index contributed by atoms with van der Waals surface area (Å²) in [6.45, 7) is 5.67. The van der Waals surface area contributed by atoms with Gasteiger partial charge in [-0.1, -0.05) is 36.2 Å². The van der Waals surface area contributed by atoms with Crippen LogP contribution < -0.4 is 0 Å². The van der Waals surface area contributed by atoms with Crippen molar-refractivity contribution in [1.29, 1.82) is 0 Å². The molecule has 0 aromatic carbocycles. The van der Waals surface area contributed by atoms with E-state index in [1.165, 1.54) is 0 Å². The molecule has 0 N–H and O–H groups in total. The van der Waals surface area contributed by atoms with Gasteiger partial charge in [0.05, 0.1) is 5.38 Å². The maximum Gasteiger partial charge on any atom is 0.0583 e. The number of alkyl halides is 1. The van der Waals surface area contributed by atoms with Gasteiger partial charge in [0, 0.05) is 15.6 Å². The summed E-state index contributed by atoms with van der Waals surface area (Å²) in [6.07, 6.45) is 2.79. The topological polar surface area (TPSA) is 0 Å². The first-order valence-electron chi connectivity index (χ1n) is 3.87. The molecule has 0 rings (SSSR count). The van der Waals surface area contributed by atoms with Crippen LogP contribution in [-0.4, -0.2) is 5.38 Å². The first kappa shape index (κ1) is 12.3. The van der Waals surface area contributed by atoms with E-state index in [0.717, 1.165) is 12.0 Å². The van der Waals surface area contributed by atoms with Gasteiger partial charge in [-0.25, -0.2) is 0 Å². The molecule has 0 nitrogen and oxygen atoms in total. The molecule has 0 bridgehead atoms. The average Bonchev–Trinajstić information content (AvgIpc) is 1.85. The van der Waals surface area contributed by atoms with Crippen LogP contribution in [-0.2, 0) is 0 Å². The Bertz CT molecular complexity index is 198. The van der Waals surface area contributed by atoms with Crippen molar-refractivity contribution in [3.8, 4) is 0 Å². The van der Waals surface area contributed by atoms with Crippen LogP contribution in [0.25, 0.3) is 0 Å². The molecule has 1 unspecified atom stereocenters. The Morgan fingerprint density at radius 1 is 1.42 bits per heavy atom. The third kappa shape index (κ3) is 3.84. The Kier molecular flexibility index (Phi) is 6.08. The smallest absolute Gasteiger partial charge is 0.0583 e. The van der Waals surface area contributed by atoms with E-state index in [1.54, 1.807) is 6.92 Å². The van der Waals surface area contributed by atoms with Crippen molar-refractivity contribution in [2.75, 3.05) is 0 Å². The molecule has 0 saturated heterocycles. The molecule has 3 heteroatoms. The number of hydrogen-bond acceptors (Lipinski definition) is 0. The van der Waals surface area contributed by atoms with Crippen LogP contribution in [0.4, 0.5) is 0 Å². The molecular weight excluding hydrogens is 214 g/mol. The Labute approximate surface area is 89.2 Å². The zero-order valence-corrected chi connectivity index (χ0v) is 9.76. The quantitative estimate of drug-likeness (QED) is 0.486. The number of allylic oxidation sites excluding steroid dienone is 4. The van der Waals surface area contributed by atoms with Gasteiger partial charge in [0.25, 0.3) is 0 Å². The second-order valence-corrected chi connectivity index (χ2v) is 4.15. The van der Waals surface area contributed by atoms with Crippen LogP contribution in [0.5, 0.6) is 0 Å². The van der Waals surface area contributed by atoms with Crippen molar-refractivity contribution in [3.63, 3.8) is 0 Å². The van der Waals surface area contributed by atoms with E-state index in [4.69, 9.17) is 34.8 Å². The average molecular weight is 228 g/mol. The van der Waals surface area contributed by atoms with Crippen LogP contribution in [0.3, 0.4) is 0 Å². The number of rotatable bonds is 3. The molecule has 70 valence electrons. The van der Waals surface area contributed by atoms with Crippen molar-refractivity contribution in [2.24, 2.45) is 0 Å². The zero-order valence-electron chi connectivity index (χ0n) is 7.50. The lowest BCUT2D eigenvalue weighted by Gasteiger charge is -2.09. The summed E-state index contributed by atoms with van der Waals surface area (Å²) in [5, 5.41) is 1.18. The SMILES string of the molecule is CCC=C(Cl)C(=C(C)Cl)C(C)Cl. The minimum absolute atomic E-state index is 0.141. The number of hydrogen-bond donors (Lipinski definition) is 0. The van der Waals surface area contributed by atoms with E-state index in [-0.39, 0.29) is 5.38 Å². The zero-order chi connectivity index (χ0) is 9.72. The van der Waals surface area contributed by atoms with Gasteiger partial charge >= 0.3 is 0 Å².